The number of rotatable bonds is 6. The smallest absolute Gasteiger partial charge is 0.118 e. The highest BCUT2D eigenvalue weighted by atomic mass is 16.3. The fraction of sp³-hybridized carbons (Fsp3) is 0.571. The second kappa shape index (κ2) is 6.03. The summed E-state index contributed by atoms with van der Waals surface area (Å²) >= 11 is 0. The van der Waals surface area contributed by atoms with Crippen LogP contribution in [-0.2, 0) is 13.1 Å². The number of hydrogen-bond acceptors (Lipinski definition) is 3. The van der Waals surface area contributed by atoms with Crippen molar-refractivity contribution in [3.63, 3.8) is 0 Å². The molecule has 0 aliphatic carbocycles. The fourth-order valence-electron chi connectivity index (χ4n) is 1.70. The van der Waals surface area contributed by atoms with Crippen LogP contribution in [0.2, 0.25) is 0 Å². The Morgan fingerprint density at radius 1 is 1.35 bits per heavy atom. The molecular weight excluding hydrogens is 212 g/mol. The molecule has 1 aromatic rings. The molecule has 0 amide bonds. The zero-order chi connectivity index (χ0) is 12.9. The highest BCUT2D eigenvalue weighted by molar-refractivity contribution is 5.07. The van der Waals surface area contributed by atoms with Crippen LogP contribution in [0.1, 0.15) is 32.3 Å². The Hall–Kier alpha value is -1.06. The minimum absolute atomic E-state index is 0.115. The average molecular weight is 236 g/mol. The van der Waals surface area contributed by atoms with Crippen molar-refractivity contribution >= 4 is 0 Å². The third-order valence-corrected chi connectivity index (χ3v) is 2.71. The van der Waals surface area contributed by atoms with Gasteiger partial charge in [-0.3, -0.25) is 4.90 Å². The summed E-state index contributed by atoms with van der Waals surface area (Å²) in [5.74, 6) is 1.99. The minimum Gasteiger partial charge on any atom is -0.463 e. The monoisotopic (exact) mass is 236 g/mol. The van der Waals surface area contributed by atoms with E-state index < -0.39 is 0 Å². The molecule has 96 valence electrons. The molecule has 0 saturated heterocycles. The summed E-state index contributed by atoms with van der Waals surface area (Å²) in [5.41, 5.74) is 0.115. The van der Waals surface area contributed by atoms with E-state index in [9.17, 15) is 0 Å². The standard InChI is InChI=1S/C14H24N2O/c1-6-9-16(14(2,3)4)11-13-8-7-12(17-13)10-15-5/h6-8,15H,1,9-11H2,2-5H3. The van der Waals surface area contributed by atoms with Crippen molar-refractivity contribution in [1.82, 2.24) is 10.2 Å². The van der Waals surface area contributed by atoms with Crippen LogP contribution < -0.4 is 5.32 Å². The molecule has 3 nitrogen and oxygen atoms in total. The molecule has 0 radical (unpaired) electrons. The highest BCUT2D eigenvalue weighted by Crippen LogP contribution is 2.18. The summed E-state index contributed by atoms with van der Waals surface area (Å²) in [7, 11) is 1.92. The summed E-state index contributed by atoms with van der Waals surface area (Å²) in [6.07, 6.45) is 1.93. The van der Waals surface area contributed by atoms with E-state index in [1.54, 1.807) is 0 Å². The molecule has 0 aromatic carbocycles. The lowest BCUT2D eigenvalue weighted by molar-refractivity contribution is 0.133. The van der Waals surface area contributed by atoms with Gasteiger partial charge in [-0.2, -0.15) is 0 Å². The molecule has 0 atom stereocenters. The Morgan fingerprint density at radius 3 is 2.53 bits per heavy atom. The van der Waals surface area contributed by atoms with Crippen molar-refractivity contribution in [3.8, 4) is 0 Å². The molecule has 0 aliphatic rings. The van der Waals surface area contributed by atoms with Crippen molar-refractivity contribution in [3.05, 3.63) is 36.3 Å². The van der Waals surface area contributed by atoms with Gasteiger partial charge in [0.1, 0.15) is 11.5 Å². The van der Waals surface area contributed by atoms with Gasteiger partial charge >= 0.3 is 0 Å². The summed E-state index contributed by atoms with van der Waals surface area (Å²) in [4.78, 5) is 2.34. The third kappa shape index (κ3) is 4.36. The second-order valence-electron chi connectivity index (χ2n) is 5.24. The van der Waals surface area contributed by atoms with Crippen molar-refractivity contribution in [2.75, 3.05) is 13.6 Å². The van der Waals surface area contributed by atoms with Crippen LogP contribution in [0.15, 0.2) is 29.2 Å². The van der Waals surface area contributed by atoms with E-state index in [0.717, 1.165) is 31.2 Å². The summed E-state index contributed by atoms with van der Waals surface area (Å²) in [6, 6.07) is 4.08. The molecular formula is C14H24N2O. The minimum atomic E-state index is 0.115. The Bertz CT molecular complexity index is 349. The molecule has 1 heterocycles. The SMILES string of the molecule is C=CCN(Cc1ccc(CNC)o1)C(C)(C)C. The quantitative estimate of drug-likeness (QED) is 0.770. The maximum Gasteiger partial charge on any atom is 0.118 e. The van der Waals surface area contributed by atoms with Gasteiger partial charge in [0, 0.05) is 12.1 Å². The predicted molar refractivity (Wildman–Crippen MR) is 71.8 cm³/mol. The van der Waals surface area contributed by atoms with Gasteiger partial charge in [-0.05, 0) is 40.0 Å². The molecule has 0 saturated carbocycles. The van der Waals surface area contributed by atoms with E-state index in [1.807, 2.05) is 19.2 Å². The van der Waals surface area contributed by atoms with E-state index >= 15 is 0 Å². The first-order valence-electron chi connectivity index (χ1n) is 6.05. The maximum atomic E-state index is 5.76. The molecule has 1 aromatic heterocycles. The second-order valence-corrected chi connectivity index (χ2v) is 5.24. The first kappa shape index (κ1) is 14.0. The van der Waals surface area contributed by atoms with Crippen molar-refractivity contribution in [1.29, 1.82) is 0 Å². The Labute approximate surface area is 104 Å². The van der Waals surface area contributed by atoms with Gasteiger partial charge in [0.2, 0.25) is 0 Å². The zero-order valence-electron chi connectivity index (χ0n) is 11.4. The predicted octanol–water partition coefficient (Wildman–Crippen LogP) is 2.79. The molecule has 17 heavy (non-hydrogen) atoms. The van der Waals surface area contributed by atoms with E-state index in [4.69, 9.17) is 4.42 Å². The van der Waals surface area contributed by atoms with Crippen molar-refractivity contribution in [2.45, 2.75) is 39.4 Å². The van der Waals surface area contributed by atoms with E-state index in [-0.39, 0.29) is 5.54 Å². The summed E-state index contributed by atoms with van der Waals surface area (Å²) in [5, 5.41) is 3.08. The van der Waals surface area contributed by atoms with Crippen molar-refractivity contribution in [2.24, 2.45) is 0 Å². The molecule has 1 N–H and O–H groups in total. The molecule has 0 bridgehead atoms. The van der Waals surface area contributed by atoms with Crippen LogP contribution in [0.4, 0.5) is 0 Å². The number of furan rings is 1. The molecule has 0 unspecified atom stereocenters. The Balaban J connectivity index is 2.68. The van der Waals surface area contributed by atoms with Gasteiger partial charge in [-0.25, -0.2) is 0 Å². The van der Waals surface area contributed by atoms with E-state index in [2.05, 4.69) is 43.6 Å². The fourth-order valence-corrected chi connectivity index (χ4v) is 1.70. The zero-order valence-corrected chi connectivity index (χ0v) is 11.4. The lowest BCUT2D eigenvalue weighted by Crippen LogP contribution is -2.40. The molecule has 3 heteroatoms. The third-order valence-electron chi connectivity index (χ3n) is 2.71. The van der Waals surface area contributed by atoms with Crippen LogP contribution in [0.3, 0.4) is 0 Å². The molecule has 1 rings (SSSR count). The molecule has 0 aliphatic heterocycles. The van der Waals surface area contributed by atoms with Gasteiger partial charge in [-0.1, -0.05) is 6.08 Å². The van der Waals surface area contributed by atoms with Gasteiger partial charge < -0.3 is 9.73 Å². The first-order chi connectivity index (χ1) is 7.97. The highest BCUT2D eigenvalue weighted by Gasteiger charge is 2.21. The van der Waals surface area contributed by atoms with Crippen LogP contribution in [0.25, 0.3) is 0 Å². The lowest BCUT2D eigenvalue weighted by Gasteiger charge is -2.34. The summed E-state index contributed by atoms with van der Waals surface area (Å²) in [6.45, 7) is 12.9. The largest absolute Gasteiger partial charge is 0.463 e. The number of nitrogens with one attached hydrogen (secondary N) is 1. The Morgan fingerprint density at radius 2 is 2.00 bits per heavy atom. The van der Waals surface area contributed by atoms with E-state index in [0.29, 0.717) is 0 Å². The topological polar surface area (TPSA) is 28.4 Å². The van der Waals surface area contributed by atoms with Crippen LogP contribution in [0, 0.1) is 0 Å². The normalized spacial score (nSPS) is 12.1. The summed E-state index contributed by atoms with van der Waals surface area (Å²) < 4.78 is 5.76. The maximum absolute atomic E-state index is 5.76. The van der Waals surface area contributed by atoms with Crippen LogP contribution in [-0.4, -0.2) is 24.0 Å². The first-order valence-corrected chi connectivity index (χ1v) is 6.05. The molecule has 0 fully saturated rings. The van der Waals surface area contributed by atoms with Crippen LogP contribution >= 0.6 is 0 Å². The lowest BCUT2D eigenvalue weighted by atomic mass is 10.1. The Kier molecular flexibility index (Phi) is 4.97. The number of nitrogens with zero attached hydrogens (tertiary/aromatic N) is 1. The van der Waals surface area contributed by atoms with Crippen molar-refractivity contribution < 1.29 is 4.42 Å². The van der Waals surface area contributed by atoms with E-state index in [1.165, 1.54) is 0 Å². The average Bonchev–Trinajstić information content (AvgIpc) is 2.64. The van der Waals surface area contributed by atoms with Gasteiger partial charge in [0.05, 0.1) is 13.1 Å². The van der Waals surface area contributed by atoms with Gasteiger partial charge in [-0.15, -0.1) is 6.58 Å². The van der Waals surface area contributed by atoms with Crippen LogP contribution in [0.5, 0.6) is 0 Å². The number of hydrogen-bond donors (Lipinski definition) is 1. The van der Waals surface area contributed by atoms with Gasteiger partial charge in [0.15, 0.2) is 0 Å². The van der Waals surface area contributed by atoms with Gasteiger partial charge in [0.25, 0.3) is 0 Å². The molecule has 0 spiro atoms.